The normalized spacial score (nSPS) is 18.7. The molecule has 0 radical (unpaired) electrons. The van der Waals surface area contributed by atoms with E-state index in [2.05, 4.69) is 16.0 Å². The van der Waals surface area contributed by atoms with E-state index in [1.807, 2.05) is 12.1 Å². The van der Waals surface area contributed by atoms with Crippen molar-refractivity contribution in [2.24, 2.45) is 4.99 Å². The fourth-order valence-corrected chi connectivity index (χ4v) is 2.21. The zero-order valence-corrected chi connectivity index (χ0v) is 9.00. The second kappa shape index (κ2) is 3.42. The van der Waals surface area contributed by atoms with E-state index in [9.17, 15) is 0 Å². The monoisotopic (exact) mass is 222 g/mol. The van der Waals surface area contributed by atoms with E-state index in [-0.39, 0.29) is 0 Å². The molecule has 2 heterocycles. The third-order valence-electron chi connectivity index (χ3n) is 2.73. The SMILES string of the molecule is Clc1ccc2c(c1)CN(C1=NCCO1)C2. The van der Waals surface area contributed by atoms with Gasteiger partial charge in [0.1, 0.15) is 6.61 Å². The van der Waals surface area contributed by atoms with Gasteiger partial charge in [0.05, 0.1) is 6.54 Å². The first-order valence-electron chi connectivity index (χ1n) is 5.02. The second-order valence-electron chi connectivity index (χ2n) is 3.78. The van der Waals surface area contributed by atoms with Crippen LogP contribution in [-0.2, 0) is 17.8 Å². The molecule has 0 spiro atoms. The first kappa shape index (κ1) is 9.04. The lowest BCUT2D eigenvalue weighted by Gasteiger charge is -2.15. The summed E-state index contributed by atoms with van der Waals surface area (Å²) in [6, 6.07) is 6.81. The summed E-state index contributed by atoms with van der Waals surface area (Å²) in [5.74, 6) is 0. The summed E-state index contributed by atoms with van der Waals surface area (Å²) in [6.45, 7) is 3.23. The maximum atomic E-state index is 5.95. The van der Waals surface area contributed by atoms with Crippen LogP contribution in [0.1, 0.15) is 11.1 Å². The number of rotatable bonds is 0. The van der Waals surface area contributed by atoms with Gasteiger partial charge in [0.15, 0.2) is 0 Å². The Morgan fingerprint density at radius 1 is 1.27 bits per heavy atom. The number of aliphatic imine (C=N–C) groups is 1. The highest BCUT2D eigenvalue weighted by atomic mass is 35.5. The molecule has 3 rings (SSSR count). The van der Waals surface area contributed by atoms with Gasteiger partial charge in [0.2, 0.25) is 0 Å². The molecule has 0 unspecified atom stereocenters. The number of halogens is 1. The Bertz CT molecular complexity index is 431. The van der Waals surface area contributed by atoms with Gasteiger partial charge in [-0.15, -0.1) is 0 Å². The molecule has 2 aliphatic rings. The molecule has 0 amide bonds. The van der Waals surface area contributed by atoms with Crippen LogP contribution in [0, 0.1) is 0 Å². The molecule has 1 aromatic rings. The predicted molar refractivity (Wildman–Crippen MR) is 59.0 cm³/mol. The van der Waals surface area contributed by atoms with Crippen molar-refractivity contribution in [2.75, 3.05) is 13.2 Å². The number of hydrogen-bond donors (Lipinski definition) is 0. The van der Waals surface area contributed by atoms with Crippen LogP contribution in [0.25, 0.3) is 0 Å². The van der Waals surface area contributed by atoms with Crippen molar-refractivity contribution in [1.29, 1.82) is 0 Å². The topological polar surface area (TPSA) is 24.8 Å². The molecule has 1 aromatic carbocycles. The minimum Gasteiger partial charge on any atom is -0.463 e. The highest BCUT2D eigenvalue weighted by molar-refractivity contribution is 6.30. The van der Waals surface area contributed by atoms with Crippen molar-refractivity contribution >= 4 is 17.6 Å². The summed E-state index contributed by atoms with van der Waals surface area (Å²) in [4.78, 5) is 6.46. The standard InChI is InChI=1S/C11H11ClN2O/c12-10-2-1-8-6-14(7-9(8)5-10)11-13-3-4-15-11/h1-2,5H,3-4,6-7H2. The average Bonchev–Trinajstić information content (AvgIpc) is 2.84. The van der Waals surface area contributed by atoms with Crippen LogP contribution in [0.2, 0.25) is 5.02 Å². The third kappa shape index (κ3) is 1.57. The van der Waals surface area contributed by atoms with Gasteiger partial charge < -0.3 is 9.64 Å². The van der Waals surface area contributed by atoms with E-state index in [1.165, 1.54) is 11.1 Å². The summed E-state index contributed by atoms with van der Waals surface area (Å²) in [6.07, 6.45) is 0. The van der Waals surface area contributed by atoms with Crippen LogP contribution >= 0.6 is 11.6 Å². The van der Waals surface area contributed by atoms with Crippen LogP contribution < -0.4 is 0 Å². The number of amidine groups is 1. The zero-order chi connectivity index (χ0) is 10.3. The largest absolute Gasteiger partial charge is 0.463 e. The Balaban J connectivity index is 1.85. The molecule has 4 heteroatoms. The lowest BCUT2D eigenvalue weighted by atomic mass is 10.1. The number of hydrogen-bond acceptors (Lipinski definition) is 3. The summed E-state index contributed by atoms with van der Waals surface area (Å²) in [5, 5.41) is 0.796. The first-order valence-corrected chi connectivity index (χ1v) is 5.40. The maximum Gasteiger partial charge on any atom is 0.288 e. The zero-order valence-electron chi connectivity index (χ0n) is 8.24. The van der Waals surface area contributed by atoms with Gasteiger partial charge in [-0.25, -0.2) is 4.99 Å². The van der Waals surface area contributed by atoms with Gasteiger partial charge in [-0.2, -0.15) is 0 Å². The summed E-state index contributed by atoms with van der Waals surface area (Å²) in [5.41, 5.74) is 2.60. The molecule has 0 aromatic heterocycles. The summed E-state index contributed by atoms with van der Waals surface area (Å²) >= 11 is 5.95. The van der Waals surface area contributed by atoms with Crippen LogP contribution in [0.5, 0.6) is 0 Å². The third-order valence-corrected chi connectivity index (χ3v) is 2.97. The number of benzene rings is 1. The highest BCUT2D eigenvalue weighted by Gasteiger charge is 2.24. The van der Waals surface area contributed by atoms with E-state index in [4.69, 9.17) is 16.3 Å². The number of fused-ring (bicyclic) bond motifs is 1. The molecule has 0 atom stereocenters. The molecule has 0 bridgehead atoms. The Kier molecular flexibility index (Phi) is 2.06. The fourth-order valence-electron chi connectivity index (χ4n) is 2.01. The van der Waals surface area contributed by atoms with Crippen LogP contribution in [0.4, 0.5) is 0 Å². The average molecular weight is 223 g/mol. The minimum atomic E-state index is 0.711. The summed E-state index contributed by atoms with van der Waals surface area (Å²) < 4.78 is 5.44. The summed E-state index contributed by atoms with van der Waals surface area (Å²) in [7, 11) is 0. The fraction of sp³-hybridized carbons (Fsp3) is 0.364. The number of nitrogens with zero attached hydrogens (tertiary/aromatic N) is 2. The molecule has 0 saturated heterocycles. The molecule has 0 saturated carbocycles. The van der Waals surface area contributed by atoms with Crippen molar-refractivity contribution < 1.29 is 4.74 Å². The smallest absolute Gasteiger partial charge is 0.288 e. The second-order valence-corrected chi connectivity index (χ2v) is 4.22. The van der Waals surface area contributed by atoms with E-state index in [1.54, 1.807) is 0 Å². The van der Waals surface area contributed by atoms with Gasteiger partial charge in [-0.1, -0.05) is 17.7 Å². The van der Waals surface area contributed by atoms with Gasteiger partial charge in [0.25, 0.3) is 6.02 Å². The molecular formula is C11H11ClN2O. The van der Waals surface area contributed by atoms with E-state index >= 15 is 0 Å². The lowest BCUT2D eigenvalue weighted by molar-refractivity contribution is 0.265. The minimum absolute atomic E-state index is 0.711. The van der Waals surface area contributed by atoms with Crippen molar-refractivity contribution in [2.45, 2.75) is 13.1 Å². The van der Waals surface area contributed by atoms with Gasteiger partial charge in [0, 0.05) is 18.1 Å². The van der Waals surface area contributed by atoms with Gasteiger partial charge >= 0.3 is 0 Å². The van der Waals surface area contributed by atoms with Crippen molar-refractivity contribution in [3.63, 3.8) is 0 Å². The molecular weight excluding hydrogens is 212 g/mol. The van der Waals surface area contributed by atoms with Crippen molar-refractivity contribution in [3.05, 3.63) is 34.3 Å². The molecule has 78 valence electrons. The van der Waals surface area contributed by atoms with Gasteiger partial charge in [-0.3, -0.25) is 0 Å². The molecule has 15 heavy (non-hydrogen) atoms. The molecule has 0 N–H and O–H groups in total. The molecule has 0 aliphatic carbocycles. The maximum absolute atomic E-state index is 5.95. The van der Waals surface area contributed by atoms with Crippen molar-refractivity contribution in [1.82, 2.24) is 4.90 Å². The molecule has 2 aliphatic heterocycles. The van der Waals surface area contributed by atoms with Crippen LogP contribution in [0.15, 0.2) is 23.2 Å². The van der Waals surface area contributed by atoms with E-state index in [0.717, 1.165) is 30.7 Å². The van der Waals surface area contributed by atoms with Gasteiger partial charge in [-0.05, 0) is 23.3 Å². The van der Waals surface area contributed by atoms with Crippen molar-refractivity contribution in [3.8, 4) is 0 Å². The van der Waals surface area contributed by atoms with E-state index in [0.29, 0.717) is 6.61 Å². The van der Waals surface area contributed by atoms with Crippen LogP contribution in [0.3, 0.4) is 0 Å². The lowest BCUT2D eigenvalue weighted by Crippen LogP contribution is -2.25. The Labute approximate surface area is 93.3 Å². The Hall–Kier alpha value is -1.22. The number of ether oxygens (including phenoxy) is 1. The molecule has 0 fully saturated rings. The van der Waals surface area contributed by atoms with Crippen LogP contribution in [-0.4, -0.2) is 24.1 Å². The molecule has 3 nitrogen and oxygen atoms in total. The quantitative estimate of drug-likeness (QED) is 0.671. The first-order chi connectivity index (χ1) is 7.33. The Morgan fingerprint density at radius 3 is 2.93 bits per heavy atom. The highest BCUT2D eigenvalue weighted by Crippen LogP contribution is 2.26. The van der Waals surface area contributed by atoms with E-state index < -0.39 is 0 Å². The predicted octanol–water partition coefficient (Wildman–Crippen LogP) is 2.04. The Morgan fingerprint density at radius 2 is 2.13 bits per heavy atom.